The van der Waals surface area contributed by atoms with Gasteiger partial charge in [-0.15, -0.1) is 0 Å². The molecule has 0 aliphatic heterocycles. The molecule has 1 aromatic carbocycles. The van der Waals surface area contributed by atoms with Gasteiger partial charge in [-0.25, -0.2) is 14.3 Å². The Bertz CT molecular complexity index is 960. The van der Waals surface area contributed by atoms with Crippen LogP contribution in [0, 0.1) is 13.8 Å². The predicted octanol–water partition coefficient (Wildman–Crippen LogP) is 2.10. The van der Waals surface area contributed by atoms with E-state index in [9.17, 15) is 9.59 Å². The van der Waals surface area contributed by atoms with Crippen LogP contribution >= 0.6 is 0 Å². The lowest BCUT2D eigenvalue weighted by atomic mass is 10.1. The van der Waals surface area contributed by atoms with E-state index in [0.29, 0.717) is 17.9 Å². The lowest BCUT2D eigenvalue weighted by Crippen LogP contribution is -2.23. The van der Waals surface area contributed by atoms with E-state index in [2.05, 4.69) is 20.4 Å². The molecule has 3 rings (SSSR count). The Hall–Kier alpha value is -3.29. The molecular weight excluding hydrogens is 334 g/mol. The number of nitrogens with zero attached hydrogens (tertiary/aromatic N) is 4. The number of hydrogen-bond acceptors (Lipinski definition) is 6. The summed E-state index contributed by atoms with van der Waals surface area (Å²) in [5, 5.41) is 6.84. The number of para-hydroxylation sites is 1. The zero-order valence-corrected chi connectivity index (χ0v) is 14.8. The second-order valence-corrected chi connectivity index (χ2v) is 5.84. The van der Waals surface area contributed by atoms with Gasteiger partial charge in [0.05, 0.1) is 11.3 Å². The van der Waals surface area contributed by atoms with Gasteiger partial charge in [0.25, 0.3) is 11.7 Å². The van der Waals surface area contributed by atoms with E-state index in [4.69, 9.17) is 4.74 Å². The van der Waals surface area contributed by atoms with Crippen LogP contribution in [0.3, 0.4) is 0 Å². The third kappa shape index (κ3) is 3.39. The number of aromatic nitrogens is 4. The zero-order valence-electron chi connectivity index (χ0n) is 14.8. The summed E-state index contributed by atoms with van der Waals surface area (Å²) >= 11 is 0. The summed E-state index contributed by atoms with van der Waals surface area (Å²) in [7, 11) is 0. The van der Waals surface area contributed by atoms with Crippen molar-refractivity contribution in [1.29, 1.82) is 0 Å². The van der Waals surface area contributed by atoms with Crippen molar-refractivity contribution in [3.05, 3.63) is 53.1 Å². The minimum atomic E-state index is -0.622. The monoisotopic (exact) mass is 353 g/mol. The molecule has 0 aliphatic rings. The van der Waals surface area contributed by atoms with E-state index in [0.717, 1.165) is 16.8 Å². The molecule has 2 heterocycles. The number of aryl methyl sites for hydroxylation is 3. The summed E-state index contributed by atoms with van der Waals surface area (Å²) in [5.41, 5.74) is 3.52. The quantitative estimate of drug-likeness (QED) is 0.705. The number of amides is 1. The predicted molar refractivity (Wildman–Crippen MR) is 95.0 cm³/mol. The molecule has 26 heavy (non-hydrogen) atoms. The van der Waals surface area contributed by atoms with Crippen LogP contribution in [-0.2, 0) is 16.0 Å². The third-order valence-corrected chi connectivity index (χ3v) is 4.04. The maximum absolute atomic E-state index is 12.4. The van der Waals surface area contributed by atoms with E-state index in [-0.39, 0.29) is 12.2 Å². The van der Waals surface area contributed by atoms with Gasteiger partial charge in [0.2, 0.25) is 0 Å². The summed E-state index contributed by atoms with van der Waals surface area (Å²) in [4.78, 5) is 32.6. The molecule has 0 radical (unpaired) electrons. The van der Waals surface area contributed by atoms with Gasteiger partial charge in [-0.1, -0.05) is 25.1 Å². The van der Waals surface area contributed by atoms with Crippen molar-refractivity contribution >= 4 is 23.3 Å². The average molecular weight is 353 g/mol. The molecule has 2 aromatic heterocycles. The van der Waals surface area contributed by atoms with Crippen LogP contribution in [0.4, 0.5) is 5.69 Å². The number of ether oxygens (including phenoxy) is 1. The molecule has 1 amide bonds. The number of rotatable bonds is 5. The number of carbonyl (C=O) groups is 2. The lowest BCUT2D eigenvalue weighted by molar-refractivity contribution is -0.119. The van der Waals surface area contributed by atoms with Gasteiger partial charge in [-0.2, -0.15) is 10.1 Å². The van der Waals surface area contributed by atoms with Crippen molar-refractivity contribution in [2.75, 3.05) is 11.9 Å². The fraction of sp³-hybridized carbons (Fsp3) is 0.278. The Labute approximate surface area is 150 Å². The summed E-state index contributed by atoms with van der Waals surface area (Å²) < 4.78 is 6.65. The molecule has 0 unspecified atom stereocenters. The highest BCUT2D eigenvalue weighted by Crippen LogP contribution is 2.19. The smallest absolute Gasteiger partial charge is 0.342 e. The maximum Gasteiger partial charge on any atom is 0.342 e. The number of anilines is 1. The summed E-state index contributed by atoms with van der Waals surface area (Å²) in [6, 6.07) is 5.72. The molecule has 0 fully saturated rings. The molecule has 0 aliphatic carbocycles. The maximum atomic E-state index is 12.4. The van der Waals surface area contributed by atoms with Crippen LogP contribution in [0.2, 0.25) is 0 Å². The average Bonchev–Trinajstić information content (AvgIpc) is 3.10. The number of fused-ring (bicyclic) bond motifs is 1. The molecule has 0 atom stereocenters. The summed E-state index contributed by atoms with van der Waals surface area (Å²) in [6.45, 7) is 5.31. The number of nitrogens with one attached hydrogen (secondary N) is 1. The van der Waals surface area contributed by atoms with E-state index in [1.165, 1.54) is 17.0 Å². The molecular formula is C18H19N5O3. The van der Waals surface area contributed by atoms with E-state index >= 15 is 0 Å². The summed E-state index contributed by atoms with van der Waals surface area (Å²) in [6.07, 6.45) is 3.31. The molecule has 134 valence electrons. The SMILES string of the molecule is CCc1c(C(=O)OCC(=O)Nc2c(C)cccc2C)cnc2ncnn12. The van der Waals surface area contributed by atoms with Crippen LogP contribution in [0.15, 0.2) is 30.7 Å². The zero-order chi connectivity index (χ0) is 18.7. The number of hydrogen-bond donors (Lipinski definition) is 1. The molecule has 0 spiro atoms. The number of carbonyl (C=O) groups excluding carboxylic acids is 2. The normalized spacial score (nSPS) is 10.7. The largest absolute Gasteiger partial charge is 0.452 e. The van der Waals surface area contributed by atoms with Gasteiger partial charge in [0, 0.05) is 11.9 Å². The Morgan fingerprint density at radius 1 is 1.19 bits per heavy atom. The summed E-state index contributed by atoms with van der Waals surface area (Å²) in [5.74, 6) is -0.613. The van der Waals surface area contributed by atoms with Gasteiger partial charge in [-0.3, -0.25) is 4.79 Å². The first-order chi connectivity index (χ1) is 12.5. The van der Waals surface area contributed by atoms with Gasteiger partial charge >= 0.3 is 5.97 Å². The highest BCUT2D eigenvalue weighted by molar-refractivity contribution is 5.96. The Morgan fingerprint density at radius 3 is 2.62 bits per heavy atom. The molecule has 8 nitrogen and oxygen atoms in total. The molecule has 0 bridgehead atoms. The highest BCUT2D eigenvalue weighted by Gasteiger charge is 2.18. The highest BCUT2D eigenvalue weighted by atomic mass is 16.5. The van der Waals surface area contributed by atoms with Crippen LogP contribution in [0.5, 0.6) is 0 Å². The number of esters is 1. The second kappa shape index (κ2) is 7.30. The van der Waals surface area contributed by atoms with Crippen molar-refractivity contribution in [3.8, 4) is 0 Å². The molecule has 0 saturated carbocycles. The van der Waals surface area contributed by atoms with Crippen LogP contribution in [0.25, 0.3) is 5.78 Å². The van der Waals surface area contributed by atoms with Gasteiger partial charge in [0.15, 0.2) is 6.61 Å². The van der Waals surface area contributed by atoms with Crippen molar-refractivity contribution < 1.29 is 14.3 Å². The number of benzene rings is 1. The van der Waals surface area contributed by atoms with Crippen LogP contribution in [0.1, 0.15) is 34.1 Å². The minimum Gasteiger partial charge on any atom is -0.452 e. The topological polar surface area (TPSA) is 98.5 Å². The van der Waals surface area contributed by atoms with Crippen LogP contribution in [-0.4, -0.2) is 38.1 Å². The first-order valence-electron chi connectivity index (χ1n) is 8.22. The standard InChI is InChI=1S/C18H19N5O3/c1-4-14-13(8-19-18-20-10-21-23(14)18)17(25)26-9-15(24)22-16-11(2)6-5-7-12(16)3/h5-8,10H,4,9H2,1-3H3,(H,22,24). The Morgan fingerprint density at radius 2 is 1.92 bits per heavy atom. The first kappa shape index (κ1) is 17.5. The van der Waals surface area contributed by atoms with Gasteiger partial charge in [-0.05, 0) is 31.4 Å². The second-order valence-electron chi connectivity index (χ2n) is 5.84. The van der Waals surface area contributed by atoms with Crippen LogP contribution < -0.4 is 5.32 Å². The lowest BCUT2D eigenvalue weighted by Gasteiger charge is -2.12. The van der Waals surface area contributed by atoms with E-state index in [1.807, 2.05) is 39.0 Å². The van der Waals surface area contributed by atoms with E-state index < -0.39 is 11.9 Å². The van der Waals surface area contributed by atoms with Crippen molar-refractivity contribution in [2.24, 2.45) is 0 Å². The minimum absolute atomic E-state index is 0.269. The fourth-order valence-electron chi connectivity index (χ4n) is 2.73. The third-order valence-electron chi connectivity index (χ3n) is 4.04. The van der Waals surface area contributed by atoms with Crippen molar-refractivity contribution in [1.82, 2.24) is 19.6 Å². The fourth-order valence-corrected chi connectivity index (χ4v) is 2.73. The van der Waals surface area contributed by atoms with E-state index in [1.54, 1.807) is 0 Å². The van der Waals surface area contributed by atoms with Crippen molar-refractivity contribution in [2.45, 2.75) is 27.2 Å². The Kier molecular flexibility index (Phi) is 4.92. The molecule has 8 heteroatoms. The van der Waals surface area contributed by atoms with Gasteiger partial charge in [0.1, 0.15) is 6.33 Å². The molecule has 3 aromatic rings. The molecule has 0 saturated heterocycles. The first-order valence-corrected chi connectivity index (χ1v) is 8.22. The van der Waals surface area contributed by atoms with Gasteiger partial charge < -0.3 is 10.1 Å². The molecule has 1 N–H and O–H groups in total. The van der Waals surface area contributed by atoms with Crippen molar-refractivity contribution in [3.63, 3.8) is 0 Å². The Balaban J connectivity index is 1.70.